The summed E-state index contributed by atoms with van der Waals surface area (Å²) in [5, 5.41) is 8.94. The number of nitrogens with zero attached hydrogens (tertiary/aromatic N) is 2. The van der Waals surface area contributed by atoms with Crippen molar-refractivity contribution in [1.82, 2.24) is 0 Å². The highest BCUT2D eigenvalue weighted by molar-refractivity contribution is 5.65. The van der Waals surface area contributed by atoms with Gasteiger partial charge in [0.25, 0.3) is 0 Å². The van der Waals surface area contributed by atoms with Crippen LogP contribution in [0.15, 0.2) is 42.5 Å². The Hall–Kier alpha value is -2.34. The first-order valence-corrected chi connectivity index (χ1v) is 6.20. The topological polar surface area (TPSA) is 27.0 Å². The fourth-order valence-corrected chi connectivity index (χ4v) is 2.10. The van der Waals surface area contributed by atoms with Gasteiger partial charge >= 0.3 is 0 Å². The fraction of sp³-hybridized carbons (Fsp3) is 0.188. The molecule has 0 heterocycles. The molecule has 3 heteroatoms. The van der Waals surface area contributed by atoms with Gasteiger partial charge in [0.2, 0.25) is 0 Å². The van der Waals surface area contributed by atoms with Crippen LogP contribution in [0.25, 0.3) is 0 Å². The summed E-state index contributed by atoms with van der Waals surface area (Å²) in [5.41, 5.74) is 2.99. The van der Waals surface area contributed by atoms with Crippen molar-refractivity contribution >= 4 is 11.4 Å². The molecule has 2 aromatic carbocycles. The van der Waals surface area contributed by atoms with Gasteiger partial charge in [0, 0.05) is 12.2 Å². The summed E-state index contributed by atoms with van der Waals surface area (Å²) < 4.78 is 13.9. The molecule has 0 bridgehead atoms. The molecule has 0 saturated carbocycles. The third kappa shape index (κ3) is 2.58. The Labute approximate surface area is 112 Å². The maximum absolute atomic E-state index is 13.9. The molecule has 2 aromatic rings. The van der Waals surface area contributed by atoms with Crippen LogP contribution in [0.1, 0.15) is 18.1 Å². The van der Waals surface area contributed by atoms with Crippen LogP contribution in [0.4, 0.5) is 15.8 Å². The lowest BCUT2D eigenvalue weighted by Gasteiger charge is -2.24. The van der Waals surface area contributed by atoms with Crippen LogP contribution in [0, 0.1) is 24.1 Å². The third-order valence-corrected chi connectivity index (χ3v) is 3.10. The highest BCUT2D eigenvalue weighted by Gasteiger charge is 2.12. The van der Waals surface area contributed by atoms with Crippen molar-refractivity contribution in [2.24, 2.45) is 0 Å². The minimum absolute atomic E-state index is 0.244. The molecule has 0 radical (unpaired) electrons. The van der Waals surface area contributed by atoms with Crippen molar-refractivity contribution in [3.63, 3.8) is 0 Å². The van der Waals surface area contributed by atoms with Crippen LogP contribution < -0.4 is 4.90 Å². The lowest BCUT2D eigenvalue weighted by molar-refractivity contribution is 0.625. The maximum atomic E-state index is 13.9. The molecule has 0 saturated heterocycles. The van der Waals surface area contributed by atoms with E-state index < -0.39 is 0 Å². The molecule has 0 amide bonds. The molecular formula is C16H15FN2. The summed E-state index contributed by atoms with van der Waals surface area (Å²) in [7, 11) is 0. The van der Waals surface area contributed by atoms with Crippen LogP contribution in [0.3, 0.4) is 0 Å². The van der Waals surface area contributed by atoms with E-state index in [9.17, 15) is 4.39 Å². The van der Waals surface area contributed by atoms with E-state index in [2.05, 4.69) is 6.07 Å². The molecule has 0 spiro atoms. The SMILES string of the molecule is CCN(c1ccc(C#N)c(C)c1)c1ccccc1F. The Morgan fingerprint density at radius 3 is 2.53 bits per heavy atom. The van der Waals surface area contributed by atoms with Gasteiger partial charge in [0.15, 0.2) is 0 Å². The molecule has 0 aromatic heterocycles. The Morgan fingerprint density at radius 1 is 1.21 bits per heavy atom. The minimum Gasteiger partial charge on any atom is -0.339 e. The lowest BCUT2D eigenvalue weighted by Crippen LogP contribution is -2.17. The molecular weight excluding hydrogens is 239 g/mol. The predicted molar refractivity (Wildman–Crippen MR) is 75.0 cm³/mol. The number of benzene rings is 2. The maximum Gasteiger partial charge on any atom is 0.146 e. The number of hydrogen-bond donors (Lipinski definition) is 0. The second-order valence-electron chi connectivity index (χ2n) is 4.31. The van der Waals surface area contributed by atoms with Crippen LogP contribution >= 0.6 is 0 Å². The highest BCUT2D eigenvalue weighted by atomic mass is 19.1. The van der Waals surface area contributed by atoms with Gasteiger partial charge in [0.1, 0.15) is 5.82 Å². The summed E-state index contributed by atoms with van der Waals surface area (Å²) in [6.45, 7) is 4.52. The van der Waals surface area contributed by atoms with E-state index in [-0.39, 0.29) is 5.82 Å². The largest absolute Gasteiger partial charge is 0.339 e. The van der Waals surface area contributed by atoms with Crippen LogP contribution in [-0.4, -0.2) is 6.54 Å². The fourth-order valence-electron chi connectivity index (χ4n) is 2.10. The molecule has 2 nitrogen and oxygen atoms in total. The Kier molecular flexibility index (Phi) is 3.82. The van der Waals surface area contributed by atoms with Crippen molar-refractivity contribution in [3.05, 3.63) is 59.4 Å². The first-order chi connectivity index (χ1) is 9.17. The molecule has 0 fully saturated rings. The van der Waals surface area contributed by atoms with Gasteiger partial charge in [-0.25, -0.2) is 4.39 Å². The lowest BCUT2D eigenvalue weighted by atomic mass is 10.1. The monoisotopic (exact) mass is 254 g/mol. The van der Waals surface area contributed by atoms with Gasteiger partial charge in [-0.2, -0.15) is 5.26 Å². The van der Waals surface area contributed by atoms with Gasteiger partial charge in [-0.05, 0) is 49.7 Å². The van der Waals surface area contributed by atoms with Crippen molar-refractivity contribution in [2.45, 2.75) is 13.8 Å². The zero-order valence-electron chi connectivity index (χ0n) is 11.0. The molecule has 96 valence electrons. The number of para-hydroxylation sites is 1. The third-order valence-electron chi connectivity index (χ3n) is 3.10. The summed E-state index contributed by atoms with van der Waals surface area (Å²) in [4.78, 5) is 1.89. The first-order valence-electron chi connectivity index (χ1n) is 6.20. The average molecular weight is 254 g/mol. The van der Waals surface area contributed by atoms with E-state index >= 15 is 0 Å². The van der Waals surface area contributed by atoms with Crippen LogP contribution in [0.2, 0.25) is 0 Å². The molecule has 0 atom stereocenters. The van der Waals surface area contributed by atoms with Gasteiger partial charge in [-0.3, -0.25) is 0 Å². The molecule has 0 aliphatic rings. The van der Waals surface area contributed by atoms with E-state index in [0.29, 0.717) is 17.8 Å². The van der Waals surface area contributed by atoms with E-state index in [1.54, 1.807) is 18.2 Å². The van der Waals surface area contributed by atoms with Gasteiger partial charge < -0.3 is 4.90 Å². The number of halogens is 1. The van der Waals surface area contributed by atoms with E-state index in [1.165, 1.54) is 6.07 Å². The normalized spacial score (nSPS) is 10.0. The zero-order chi connectivity index (χ0) is 13.8. The smallest absolute Gasteiger partial charge is 0.146 e. The van der Waals surface area contributed by atoms with Gasteiger partial charge in [0.05, 0.1) is 17.3 Å². The number of aryl methyl sites for hydroxylation is 1. The average Bonchev–Trinajstić information content (AvgIpc) is 2.42. The number of anilines is 2. The summed E-state index contributed by atoms with van der Waals surface area (Å²) in [5.74, 6) is -0.244. The quantitative estimate of drug-likeness (QED) is 0.822. The summed E-state index contributed by atoms with van der Waals surface area (Å²) in [6, 6.07) is 14.4. The summed E-state index contributed by atoms with van der Waals surface area (Å²) >= 11 is 0. The van der Waals surface area contributed by atoms with Crippen molar-refractivity contribution in [1.29, 1.82) is 5.26 Å². The predicted octanol–water partition coefficient (Wildman–Crippen LogP) is 4.16. The minimum atomic E-state index is -0.244. The van der Waals surface area contributed by atoms with Crippen LogP contribution in [0.5, 0.6) is 0 Å². The number of rotatable bonds is 3. The molecule has 0 aliphatic heterocycles. The number of nitriles is 1. The molecule has 0 N–H and O–H groups in total. The van der Waals surface area contributed by atoms with E-state index in [4.69, 9.17) is 5.26 Å². The second kappa shape index (κ2) is 5.53. The Bertz CT molecular complexity index is 629. The van der Waals surface area contributed by atoms with Crippen LogP contribution in [-0.2, 0) is 0 Å². The highest BCUT2D eigenvalue weighted by Crippen LogP contribution is 2.28. The standard InChI is InChI=1S/C16H15FN2/c1-3-19(16-7-5-4-6-15(16)17)14-9-8-13(11-18)12(2)10-14/h4-10H,3H2,1-2H3. The second-order valence-corrected chi connectivity index (χ2v) is 4.31. The van der Waals surface area contributed by atoms with Gasteiger partial charge in [-0.1, -0.05) is 12.1 Å². The van der Waals surface area contributed by atoms with Gasteiger partial charge in [-0.15, -0.1) is 0 Å². The first kappa shape index (κ1) is 13.1. The molecule has 2 rings (SSSR count). The molecule has 0 aliphatic carbocycles. The van der Waals surface area contributed by atoms with E-state index in [0.717, 1.165) is 11.3 Å². The van der Waals surface area contributed by atoms with Crippen molar-refractivity contribution < 1.29 is 4.39 Å². The zero-order valence-corrected chi connectivity index (χ0v) is 11.0. The van der Waals surface area contributed by atoms with Crippen molar-refractivity contribution in [2.75, 3.05) is 11.4 Å². The van der Waals surface area contributed by atoms with E-state index in [1.807, 2.05) is 36.9 Å². The summed E-state index contributed by atoms with van der Waals surface area (Å²) in [6.07, 6.45) is 0. The Morgan fingerprint density at radius 2 is 1.95 bits per heavy atom. The number of hydrogen-bond acceptors (Lipinski definition) is 2. The van der Waals surface area contributed by atoms with Crippen molar-refractivity contribution in [3.8, 4) is 6.07 Å². The Balaban J connectivity index is 2.46. The molecule has 0 unspecified atom stereocenters. The molecule has 19 heavy (non-hydrogen) atoms.